The predicted molar refractivity (Wildman–Crippen MR) is 116 cm³/mol. The van der Waals surface area contributed by atoms with Crippen LogP contribution < -0.4 is 5.32 Å². The molecule has 9 nitrogen and oxygen atoms in total. The third kappa shape index (κ3) is 3.77. The van der Waals surface area contributed by atoms with Crippen molar-refractivity contribution in [3.63, 3.8) is 0 Å². The van der Waals surface area contributed by atoms with Crippen LogP contribution in [-0.2, 0) is 16.1 Å². The van der Waals surface area contributed by atoms with Gasteiger partial charge < -0.3 is 15.3 Å². The number of carbonyl (C=O) groups is 2. The molecule has 0 radical (unpaired) electrons. The lowest BCUT2D eigenvalue weighted by Gasteiger charge is -2.35. The Kier molecular flexibility index (Phi) is 5.21. The lowest BCUT2D eigenvalue weighted by Crippen LogP contribution is -2.54. The summed E-state index contributed by atoms with van der Waals surface area (Å²) in [7, 11) is 0. The Bertz CT molecular complexity index is 1040. The third-order valence-corrected chi connectivity index (χ3v) is 7.56. The fourth-order valence-electron chi connectivity index (χ4n) is 5.01. The zero-order valence-electron chi connectivity index (χ0n) is 18.1. The van der Waals surface area contributed by atoms with E-state index < -0.39 is 17.6 Å². The molecule has 2 saturated carbocycles. The number of halogens is 1. The summed E-state index contributed by atoms with van der Waals surface area (Å²) >= 11 is 6.16. The molecule has 5 rings (SSSR count). The summed E-state index contributed by atoms with van der Waals surface area (Å²) in [5.41, 5.74) is 0.990. The summed E-state index contributed by atoms with van der Waals surface area (Å²) in [5.74, 6) is 0.168. The van der Waals surface area contributed by atoms with E-state index in [1.807, 2.05) is 13.8 Å². The highest BCUT2D eigenvalue weighted by Crippen LogP contribution is 2.51. The number of amides is 2. The maximum absolute atomic E-state index is 13.3. The summed E-state index contributed by atoms with van der Waals surface area (Å²) in [5, 5.41) is 25.6. The first-order valence-electron chi connectivity index (χ1n) is 11.1. The number of tetrazole rings is 1. The molecule has 2 aliphatic carbocycles. The average Bonchev–Trinajstić information content (AvgIpc) is 3.68. The van der Waals surface area contributed by atoms with E-state index in [2.05, 4.69) is 20.8 Å². The summed E-state index contributed by atoms with van der Waals surface area (Å²) in [6.07, 6.45) is 4.00. The van der Waals surface area contributed by atoms with E-state index in [1.165, 1.54) is 11.0 Å². The van der Waals surface area contributed by atoms with Crippen molar-refractivity contribution < 1.29 is 14.7 Å². The van der Waals surface area contributed by atoms with Crippen LogP contribution >= 0.6 is 11.6 Å². The second-order valence-corrected chi connectivity index (χ2v) is 10.2. The summed E-state index contributed by atoms with van der Waals surface area (Å²) in [6.45, 7) is 4.11. The second-order valence-electron chi connectivity index (χ2n) is 9.80. The maximum atomic E-state index is 13.3. The number of likely N-dealkylation sites (tertiary alicyclic amines) is 1. The number of aromatic nitrogens is 4. The number of carbonyl (C=O) groups excluding carboxylic acids is 2. The highest BCUT2D eigenvalue weighted by atomic mass is 35.5. The van der Waals surface area contributed by atoms with Gasteiger partial charge in [0.1, 0.15) is 18.5 Å². The third-order valence-electron chi connectivity index (χ3n) is 7.32. The van der Waals surface area contributed by atoms with Crippen molar-refractivity contribution in [1.82, 2.24) is 30.4 Å². The number of nitrogens with zero attached hydrogens (tertiary/aromatic N) is 5. The van der Waals surface area contributed by atoms with Gasteiger partial charge in [0, 0.05) is 23.0 Å². The van der Waals surface area contributed by atoms with Gasteiger partial charge in [0.05, 0.1) is 5.69 Å². The minimum Gasteiger partial charge on any atom is -0.383 e. The van der Waals surface area contributed by atoms with Crippen LogP contribution in [0.5, 0.6) is 0 Å². The summed E-state index contributed by atoms with van der Waals surface area (Å²) in [4.78, 5) is 28.0. The molecule has 2 N–H and O–H groups in total. The van der Waals surface area contributed by atoms with Crippen LogP contribution in [-0.4, -0.2) is 60.2 Å². The molecule has 32 heavy (non-hydrogen) atoms. The minimum atomic E-state index is -1.09. The molecule has 1 unspecified atom stereocenters. The molecule has 0 bridgehead atoms. The lowest BCUT2D eigenvalue weighted by molar-refractivity contribution is -0.152. The van der Waals surface area contributed by atoms with Gasteiger partial charge in [-0.3, -0.25) is 9.59 Å². The standard InChI is InChI=1S/C22H27ClN6O3/c1-22(2,14-3-4-14)19(30)21(32)29-17-8-12(17)9-18(29)20(31)24-10-13-7-15(23)5-6-16(13)28-11-25-26-27-28/h5-7,11-12,14,17-19,30H,3-4,8-10H2,1-2H3,(H,24,31)/t12-,17-,18-,19?/m0/s1. The van der Waals surface area contributed by atoms with Gasteiger partial charge in [-0.25, -0.2) is 4.68 Å². The smallest absolute Gasteiger partial charge is 0.252 e. The SMILES string of the molecule is CC(C)(C1CC1)C(O)C(=O)N1[C@H](C(=O)NCc2cc(Cl)ccc2-n2cnnn2)C[C@@H]2C[C@@H]21. The first-order valence-corrected chi connectivity index (χ1v) is 11.4. The van der Waals surface area contributed by atoms with Crippen molar-refractivity contribution in [3.8, 4) is 5.69 Å². The summed E-state index contributed by atoms with van der Waals surface area (Å²) < 4.78 is 1.51. The molecular formula is C22H27ClN6O3. The van der Waals surface area contributed by atoms with E-state index in [-0.39, 0.29) is 24.4 Å². The molecule has 2 heterocycles. The Hall–Kier alpha value is -2.52. The minimum absolute atomic E-state index is 0.0610. The first kappa shape index (κ1) is 21.3. The van der Waals surface area contributed by atoms with E-state index >= 15 is 0 Å². The quantitative estimate of drug-likeness (QED) is 0.653. The van der Waals surface area contributed by atoms with Crippen LogP contribution in [0.2, 0.25) is 5.02 Å². The van der Waals surface area contributed by atoms with Gasteiger partial charge in [0.25, 0.3) is 5.91 Å². The number of hydrogen-bond acceptors (Lipinski definition) is 6. The lowest BCUT2D eigenvalue weighted by atomic mass is 9.80. The van der Waals surface area contributed by atoms with Crippen molar-refractivity contribution in [2.45, 2.75) is 64.3 Å². The van der Waals surface area contributed by atoms with Crippen LogP contribution in [0, 0.1) is 17.3 Å². The normalized spacial score (nSPS) is 25.4. The molecule has 0 spiro atoms. The number of aliphatic hydroxyl groups excluding tert-OH is 1. The molecular weight excluding hydrogens is 432 g/mol. The van der Waals surface area contributed by atoms with Crippen LogP contribution in [0.15, 0.2) is 24.5 Å². The van der Waals surface area contributed by atoms with Crippen LogP contribution in [0.1, 0.15) is 45.1 Å². The van der Waals surface area contributed by atoms with Gasteiger partial charge in [-0.15, -0.1) is 5.10 Å². The van der Waals surface area contributed by atoms with Gasteiger partial charge in [-0.2, -0.15) is 0 Å². The Balaban J connectivity index is 1.30. The number of hydrogen-bond donors (Lipinski definition) is 2. The molecule has 3 fully saturated rings. The number of piperidine rings is 1. The molecule has 170 valence electrons. The first-order chi connectivity index (χ1) is 15.3. The highest BCUT2D eigenvalue weighted by molar-refractivity contribution is 6.30. The number of fused-ring (bicyclic) bond motifs is 1. The van der Waals surface area contributed by atoms with Crippen molar-refractivity contribution in [1.29, 1.82) is 0 Å². The molecule has 1 saturated heterocycles. The van der Waals surface area contributed by atoms with Crippen molar-refractivity contribution >= 4 is 23.4 Å². The monoisotopic (exact) mass is 458 g/mol. The van der Waals surface area contributed by atoms with E-state index in [0.29, 0.717) is 29.0 Å². The Labute approximate surface area is 191 Å². The van der Waals surface area contributed by atoms with E-state index in [4.69, 9.17) is 11.6 Å². The van der Waals surface area contributed by atoms with Crippen molar-refractivity contribution in [3.05, 3.63) is 35.1 Å². The average molecular weight is 459 g/mol. The zero-order valence-corrected chi connectivity index (χ0v) is 18.9. The Morgan fingerprint density at radius 1 is 1.31 bits per heavy atom. The van der Waals surface area contributed by atoms with Crippen molar-refractivity contribution in [2.75, 3.05) is 0 Å². The van der Waals surface area contributed by atoms with Gasteiger partial charge in [-0.1, -0.05) is 25.4 Å². The molecule has 2 amide bonds. The largest absolute Gasteiger partial charge is 0.383 e. The Morgan fingerprint density at radius 2 is 2.09 bits per heavy atom. The number of benzene rings is 1. The molecule has 10 heteroatoms. The summed E-state index contributed by atoms with van der Waals surface area (Å²) in [6, 6.07) is 4.78. The Morgan fingerprint density at radius 3 is 2.78 bits per heavy atom. The van der Waals surface area contributed by atoms with Gasteiger partial charge in [0.2, 0.25) is 5.91 Å². The fraction of sp³-hybridized carbons (Fsp3) is 0.591. The predicted octanol–water partition coefficient (Wildman–Crippen LogP) is 1.72. The van der Waals surface area contributed by atoms with Crippen LogP contribution in [0.25, 0.3) is 5.69 Å². The van der Waals surface area contributed by atoms with E-state index in [9.17, 15) is 14.7 Å². The molecule has 3 aliphatic rings. The number of nitrogens with one attached hydrogen (secondary N) is 1. The highest BCUT2D eigenvalue weighted by Gasteiger charge is 2.58. The molecule has 1 aliphatic heterocycles. The second kappa shape index (κ2) is 7.81. The molecule has 2 aromatic rings. The molecule has 4 atom stereocenters. The number of rotatable bonds is 7. The topological polar surface area (TPSA) is 113 Å². The van der Waals surface area contributed by atoms with Gasteiger partial charge >= 0.3 is 0 Å². The van der Waals surface area contributed by atoms with Gasteiger partial charge in [-0.05, 0) is 71.7 Å². The van der Waals surface area contributed by atoms with E-state index in [1.54, 1.807) is 23.1 Å². The van der Waals surface area contributed by atoms with Crippen molar-refractivity contribution in [2.24, 2.45) is 17.3 Å². The maximum Gasteiger partial charge on any atom is 0.252 e. The van der Waals surface area contributed by atoms with Crippen LogP contribution in [0.3, 0.4) is 0 Å². The molecule has 1 aromatic heterocycles. The fourth-order valence-corrected chi connectivity index (χ4v) is 5.20. The number of aliphatic hydroxyl groups is 1. The zero-order chi connectivity index (χ0) is 22.6. The van der Waals surface area contributed by atoms with Crippen LogP contribution in [0.4, 0.5) is 0 Å². The van der Waals surface area contributed by atoms with E-state index in [0.717, 1.165) is 24.8 Å². The molecule has 1 aromatic carbocycles. The van der Waals surface area contributed by atoms with Gasteiger partial charge in [0.15, 0.2) is 0 Å².